The van der Waals surface area contributed by atoms with E-state index >= 15 is 0 Å². The summed E-state index contributed by atoms with van der Waals surface area (Å²) < 4.78 is 1.82. The van der Waals surface area contributed by atoms with Crippen molar-refractivity contribution in [2.24, 2.45) is 0 Å². The van der Waals surface area contributed by atoms with Crippen LogP contribution in [-0.4, -0.2) is 33.1 Å². The number of nitrogens with zero attached hydrogens (tertiary/aromatic N) is 3. The van der Waals surface area contributed by atoms with Gasteiger partial charge in [-0.2, -0.15) is 5.10 Å². The van der Waals surface area contributed by atoms with Gasteiger partial charge in [-0.05, 0) is 38.0 Å². The first-order valence-electron chi connectivity index (χ1n) is 11.5. The van der Waals surface area contributed by atoms with E-state index in [0.29, 0.717) is 23.1 Å². The van der Waals surface area contributed by atoms with Crippen LogP contribution in [0.25, 0.3) is 22.3 Å². The molecule has 174 valence electrons. The number of amides is 2. The molecular formula is C27H29N5O2. The minimum atomic E-state index is -0.249. The molecule has 2 aromatic heterocycles. The summed E-state index contributed by atoms with van der Waals surface area (Å²) in [6, 6.07) is 19.6. The van der Waals surface area contributed by atoms with E-state index in [9.17, 15) is 9.59 Å². The predicted molar refractivity (Wildman–Crippen MR) is 133 cm³/mol. The molecule has 0 saturated heterocycles. The molecule has 0 radical (unpaired) electrons. The number of hydrogen-bond acceptors (Lipinski definition) is 4. The summed E-state index contributed by atoms with van der Waals surface area (Å²) in [5, 5.41) is 10.9. The summed E-state index contributed by atoms with van der Waals surface area (Å²) >= 11 is 0. The molecule has 0 unspecified atom stereocenters. The Balaban J connectivity index is 1.51. The SMILES string of the molecule is Cc1ccccc1-c1cc(C(=O)NCCC(=O)NCc2ccccc2)c2cnn(C(C)C)c2n1. The van der Waals surface area contributed by atoms with Gasteiger partial charge in [-0.3, -0.25) is 9.59 Å². The van der Waals surface area contributed by atoms with E-state index < -0.39 is 0 Å². The van der Waals surface area contributed by atoms with E-state index in [4.69, 9.17) is 4.98 Å². The van der Waals surface area contributed by atoms with E-state index in [2.05, 4.69) is 15.7 Å². The van der Waals surface area contributed by atoms with Crippen LogP contribution in [0.3, 0.4) is 0 Å². The van der Waals surface area contributed by atoms with Gasteiger partial charge in [0, 0.05) is 31.1 Å². The Kier molecular flexibility index (Phi) is 7.01. The van der Waals surface area contributed by atoms with Crippen LogP contribution in [0.2, 0.25) is 0 Å². The highest BCUT2D eigenvalue weighted by atomic mass is 16.2. The first kappa shape index (κ1) is 23.2. The highest BCUT2D eigenvalue weighted by Gasteiger charge is 2.19. The lowest BCUT2D eigenvalue weighted by Crippen LogP contribution is -2.30. The lowest BCUT2D eigenvalue weighted by atomic mass is 10.0. The van der Waals surface area contributed by atoms with Crippen LogP contribution >= 0.6 is 0 Å². The summed E-state index contributed by atoms with van der Waals surface area (Å²) in [6.07, 6.45) is 1.88. The van der Waals surface area contributed by atoms with Crippen molar-refractivity contribution in [2.75, 3.05) is 6.54 Å². The molecule has 0 saturated carbocycles. The van der Waals surface area contributed by atoms with Crippen molar-refractivity contribution < 1.29 is 9.59 Å². The molecule has 0 atom stereocenters. The fourth-order valence-electron chi connectivity index (χ4n) is 3.85. The number of aromatic nitrogens is 3. The molecule has 2 heterocycles. The second-order valence-corrected chi connectivity index (χ2v) is 8.56. The van der Waals surface area contributed by atoms with Gasteiger partial charge < -0.3 is 10.6 Å². The molecule has 7 heteroatoms. The fourth-order valence-corrected chi connectivity index (χ4v) is 3.85. The van der Waals surface area contributed by atoms with Gasteiger partial charge in [-0.25, -0.2) is 9.67 Å². The van der Waals surface area contributed by atoms with E-state index in [1.807, 2.05) is 86.1 Å². The number of aryl methyl sites for hydroxylation is 1. The van der Waals surface area contributed by atoms with E-state index in [0.717, 1.165) is 22.4 Å². The largest absolute Gasteiger partial charge is 0.352 e. The minimum absolute atomic E-state index is 0.0985. The van der Waals surface area contributed by atoms with Crippen molar-refractivity contribution in [1.82, 2.24) is 25.4 Å². The van der Waals surface area contributed by atoms with Gasteiger partial charge in [0.15, 0.2) is 5.65 Å². The smallest absolute Gasteiger partial charge is 0.252 e. The molecule has 0 spiro atoms. The Hall–Kier alpha value is -4.00. The van der Waals surface area contributed by atoms with Crippen LogP contribution in [0.4, 0.5) is 0 Å². The molecule has 4 aromatic rings. The Morgan fingerprint density at radius 3 is 2.47 bits per heavy atom. The van der Waals surface area contributed by atoms with Crippen LogP contribution in [-0.2, 0) is 11.3 Å². The molecule has 2 N–H and O–H groups in total. The van der Waals surface area contributed by atoms with Gasteiger partial charge in [0.25, 0.3) is 5.91 Å². The second kappa shape index (κ2) is 10.3. The third-order valence-electron chi connectivity index (χ3n) is 5.69. The Morgan fingerprint density at radius 2 is 1.74 bits per heavy atom. The molecule has 4 rings (SSSR count). The Bertz CT molecular complexity index is 1310. The van der Waals surface area contributed by atoms with Crippen LogP contribution in [0, 0.1) is 6.92 Å². The topological polar surface area (TPSA) is 88.9 Å². The number of nitrogens with one attached hydrogen (secondary N) is 2. The fraction of sp³-hybridized carbons (Fsp3) is 0.259. The number of rotatable bonds is 8. The highest BCUT2D eigenvalue weighted by Crippen LogP contribution is 2.28. The summed E-state index contributed by atoms with van der Waals surface area (Å²) in [5.74, 6) is -0.362. The van der Waals surface area contributed by atoms with Gasteiger partial charge in [-0.15, -0.1) is 0 Å². The third-order valence-corrected chi connectivity index (χ3v) is 5.69. The second-order valence-electron chi connectivity index (χ2n) is 8.56. The van der Waals surface area contributed by atoms with Crippen LogP contribution in [0.5, 0.6) is 0 Å². The molecule has 0 aliphatic rings. The van der Waals surface area contributed by atoms with Gasteiger partial charge in [-0.1, -0.05) is 54.6 Å². The number of pyridine rings is 1. The first-order chi connectivity index (χ1) is 16.4. The zero-order chi connectivity index (χ0) is 24.1. The van der Waals surface area contributed by atoms with Gasteiger partial charge in [0.2, 0.25) is 5.91 Å². The van der Waals surface area contributed by atoms with Gasteiger partial charge >= 0.3 is 0 Å². The van der Waals surface area contributed by atoms with Crippen LogP contribution in [0.15, 0.2) is 66.9 Å². The zero-order valence-corrected chi connectivity index (χ0v) is 19.7. The Labute approximate surface area is 199 Å². The molecule has 2 aromatic carbocycles. The average Bonchev–Trinajstić information content (AvgIpc) is 3.27. The summed E-state index contributed by atoms with van der Waals surface area (Å²) in [7, 11) is 0. The maximum atomic E-state index is 13.2. The molecule has 7 nitrogen and oxygen atoms in total. The number of fused-ring (bicyclic) bond motifs is 1. The number of benzene rings is 2. The van der Waals surface area contributed by atoms with E-state index in [1.165, 1.54) is 0 Å². The van der Waals surface area contributed by atoms with Crippen LogP contribution in [0.1, 0.15) is 47.8 Å². The highest BCUT2D eigenvalue weighted by molar-refractivity contribution is 6.06. The van der Waals surface area contributed by atoms with Crippen molar-refractivity contribution in [1.29, 1.82) is 0 Å². The molecule has 0 aliphatic heterocycles. The van der Waals surface area contributed by atoms with Crippen molar-refractivity contribution in [3.63, 3.8) is 0 Å². The van der Waals surface area contributed by atoms with E-state index in [1.54, 1.807) is 6.20 Å². The quantitative estimate of drug-likeness (QED) is 0.412. The third kappa shape index (κ3) is 5.14. The van der Waals surface area contributed by atoms with Gasteiger partial charge in [0.1, 0.15) is 0 Å². The first-order valence-corrected chi connectivity index (χ1v) is 11.5. The molecule has 2 amide bonds. The number of carbonyl (C=O) groups is 2. The molecule has 0 bridgehead atoms. The molecule has 34 heavy (non-hydrogen) atoms. The van der Waals surface area contributed by atoms with Crippen molar-refractivity contribution >= 4 is 22.8 Å². The van der Waals surface area contributed by atoms with Crippen molar-refractivity contribution in [3.05, 3.63) is 83.6 Å². The molecular weight excluding hydrogens is 426 g/mol. The molecule has 0 fully saturated rings. The van der Waals surface area contributed by atoms with Crippen LogP contribution < -0.4 is 10.6 Å². The normalized spacial score (nSPS) is 11.1. The molecule has 0 aliphatic carbocycles. The summed E-state index contributed by atoms with van der Waals surface area (Å²) in [6.45, 7) is 6.79. The summed E-state index contributed by atoms with van der Waals surface area (Å²) in [4.78, 5) is 30.2. The lowest BCUT2D eigenvalue weighted by molar-refractivity contribution is -0.121. The van der Waals surface area contributed by atoms with Gasteiger partial charge in [0.05, 0.1) is 22.8 Å². The number of carbonyl (C=O) groups excluding carboxylic acids is 2. The van der Waals surface area contributed by atoms with Crippen molar-refractivity contribution in [2.45, 2.75) is 39.8 Å². The average molecular weight is 456 g/mol. The van der Waals surface area contributed by atoms with E-state index in [-0.39, 0.29) is 30.8 Å². The predicted octanol–water partition coefficient (Wildman–Crippen LogP) is 4.42. The maximum Gasteiger partial charge on any atom is 0.252 e. The summed E-state index contributed by atoms with van der Waals surface area (Å²) in [5.41, 5.74) is 4.96. The lowest BCUT2D eigenvalue weighted by Gasteiger charge is -2.12. The van der Waals surface area contributed by atoms with Crippen molar-refractivity contribution in [3.8, 4) is 11.3 Å². The monoisotopic (exact) mass is 455 g/mol. The zero-order valence-electron chi connectivity index (χ0n) is 19.7. The minimum Gasteiger partial charge on any atom is -0.352 e. The Morgan fingerprint density at radius 1 is 1.00 bits per heavy atom. The maximum absolute atomic E-state index is 13.2. The standard InChI is InChI=1S/C27H29N5O2/c1-18(2)32-26-23(17-30-32)22(15-24(31-26)21-12-8-7-9-19(21)3)27(34)28-14-13-25(33)29-16-20-10-5-4-6-11-20/h4-12,15,17-18H,13-14,16H2,1-3H3,(H,28,34)(H,29,33). The number of hydrogen-bond donors (Lipinski definition) is 2.